The van der Waals surface area contributed by atoms with Crippen molar-refractivity contribution in [3.63, 3.8) is 0 Å². The van der Waals surface area contributed by atoms with Gasteiger partial charge in [-0.05, 0) is 18.2 Å². The van der Waals surface area contributed by atoms with E-state index >= 15 is 0 Å². The van der Waals surface area contributed by atoms with Crippen LogP contribution in [0.5, 0.6) is 0 Å². The number of aliphatic imine (C=N–C) groups is 1. The van der Waals surface area contributed by atoms with Crippen LogP contribution in [-0.2, 0) is 4.79 Å². The average molecular weight is 275 g/mol. The van der Waals surface area contributed by atoms with Gasteiger partial charge in [-0.3, -0.25) is 4.98 Å². The molecular formula is C12H7BrN2O. The van der Waals surface area contributed by atoms with Crippen LogP contribution in [0.2, 0.25) is 0 Å². The lowest BCUT2D eigenvalue weighted by Gasteiger charge is -2.02. The highest BCUT2D eigenvalue weighted by Gasteiger charge is 2.02. The van der Waals surface area contributed by atoms with E-state index in [4.69, 9.17) is 0 Å². The Morgan fingerprint density at radius 3 is 2.62 bits per heavy atom. The Bertz CT molecular complexity index is 545. The first-order valence-corrected chi connectivity index (χ1v) is 5.39. The molecule has 3 nitrogen and oxygen atoms in total. The van der Waals surface area contributed by atoms with Crippen LogP contribution in [0, 0.1) is 0 Å². The van der Waals surface area contributed by atoms with Crippen LogP contribution in [0.4, 0.5) is 5.69 Å². The Balaban J connectivity index is 2.42. The zero-order valence-electron chi connectivity index (χ0n) is 8.22. The molecule has 0 N–H and O–H groups in total. The molecule has 1 aromatic heterocycles. The van der Waals surface area contributed by atoms with Gasteiger partial charge in [-0.2, -0.15) is 4.99 Å². The standard InChI is InChI=1S/C12H7BrN2O/c13-11-4-2-1-3-10(11)12-6-5-9(7-14-12)15-8-16/h1-7H. The molecule has 0 saturated carbocycles. The van der Waals surface area contributed by atoms with Crippen LogP contribution in [0.25, 0.3) is 11.3 Å². The number of rotatable bonds is 2. The van der Waals surface area contributed by atoms with Gasteiger partial charge in [-0.15, -0.1) is 0 Å². The number of nitrogens with zero attached hydrogens (tertiary/aromatic N) is 2. The zero-order chi connectivity index (χ0) is 11.4. The Hall–Kier alpha value is -1.77. The van der Waals surface area contributed by atoms with Crippen molar-refractivity contribution >= 4 is 27.7 Å². The first-order valence-electron chi connectivity index (χ1n) is 4.60. The summed E-state index contributed by atoms with van der Waals surface area (Å²) in [5.74, 6) is 0. The summed E-state index contributed by atoms with van der Waals surface area (Å²) in [7, 11) is 0. The lowest BCUT2D eigenvalue weighted by Crippen LogP contribution is -1.83. The van der Waals surface area contributed by atoms with Crippen molar-refractivity contribution in [2.24, 2.45) is 4.99 Å². The Labute approximate surface area is 101 Å². The van der Waals surface area contributed by atoms with Crippen molar-refractivity contribution in [1.29, 1.82) is 0 Å². The van der Waals surface area contributed by atoms with E-state index in [1.54, 1.807) is 12.3 Å². The molecule has 0 fully saturated rings. The summed E-state index contributed by atoms with van der Waals surface area (Å²) in [4.78, 5) is 17.8. The maximum Gasteiger partial charge on any atom is 0.240 e. The number of carbonyl (C=O) groups excluding carboxylic acids is 1. The van der Waals surface area contributed by atoms with Gasteiger partial charge in [0.25, 0.3) is 0 Å². The van der Waals surface area contributed by atoms with Crippen LogP contribution in [0.1, 0.15) is 0 Å². The average Bonchev–Trinajstić information content (AvgIpc) is 2.31. The van der Waals surface area contributed by atoms with Gasteiger partial charge >= 0.3 is 0 Å². The maximum absolute atomic E-state index is 10.1. The quantitative estimate of drug-likeness (QED) is 0.622. The summed E-state index contributed by atoms with van der Waals surface area (Å²) in [5, 5.41) is 0. The third-order valence-corrected chi connectivity index (χ3v) is 2.76. The second-order valence-electron chi connectivity index (χ2n) is 3.08. The fourth-order valence-corrected chi connectivity index (χ4v) is 1.82. The van der Waals surface area contributed by atoms with E-state index in [2.05, 4.69) is 25.9 Å². The number of aromatic nitrogens is 1. The smallest absolute Gasteiger partial charge is 0.240 e. The number of benzene rings is 1. The van der Waals surface area contributed by atoms with Crippen molar-refractivity contribution in [3.05, 3.63) is 47.1 Å². The molecule has 0 aliphatic heterocycles. The molecule has 16 heavy (non-hydrogen) atoms. The molecule has 0 unspecified atom stereocenters. The van der Waals surface area contributed by atoms with Crippen molar-refractivity contribution < 1.29 is 4.79 Å². The van der Waals surface area contributed by atoms with Crippen molar-refractivity contribution in [2.75, 3.05) is 0 Å². The number of isocyanates is 1. The molecule has 0 spiro atoms. The molecule has 1 heterocycles. The summed E-state index contributed by atoms with van der Waals surface area (Å²) in [6, 6.07) is 11.4. The topological polar surface area (TPSA) is 42.3 Å². The highest BCUT2D eigenvalue weighted by Crippen LogP contribution is 2.26. The van der Waals surface area contributed by atoms with Crippen LogP contribution in [0.3, 0.4) is 0 Å². The predicted molar refractivity (Wildman–Crippen MR) is 65.2 cm³/mol. The van der Waals surface area contributed by atoms with E-state index in [0.717, 1.165) is 15.7 Å². The van der Waals surface area contributed by atoms with E-state index < -0.39 is 0 Å². The summed E-state index contributed by atoms with van der Waals surface area (Å²) in [6.07, 6.45) is 3.02. The van der Waals surface area contributed by atoms with E-state index in [1.807, 2.05) is 30.3 Å². The molecule has 0 bridgehead atoms. The minimum atomic E-state index is 0.505. The van der Waals surface area contributed by atoms with Gasteiger partial charge in [-0.25, -0.2) is 4.79 Å². The number of hydrogen-bond acceptors (Lipinski definition) is 3. The van der Waals surface area contributed by atoms with E-state index in [0.29, 0.717) is 5.69 Å². The number of hydrogen-bond donors (Lipinski definition) is 0. The molecule has 0 atom stereocenters. The Morgan fingerprint density at radius 1 is 1.19 bits per heavy atom. The highest BCUT2D eigenvalue weighted by atomic mass is 79.9. The summed E-state index contributed by atoms with van der Waals surface area (Å²) in [6.45, 7) is 0. The van der Waals surface area contributed by atoms with Gasteiger partial charge in [0.15, 0.2) is 0 Å². The Morgan fingerprint density at radius 2 is 2.00 bits per heavy atom. The van der Waals surface area contributed by atoms with E-state index in [1.165, 1.54) is 6.08 Å². The zero-order valence-corrected chi connectivity index (χ0v) is 9.81. The molecule has 0 radical (unpaired) electrons. The minimum absolute atomic E-state index is 0.505. The molecule has 2 rings (SSSR count). The molecule has 0 aliphatic rings. The number of halogens is 1. The van der Waals surface area contributed by atoms with Gasteiger partial charge in [-0.1, -0.05) is 34.1 Å². The third kappa shape index (κ3) is 2.24. The first-order chi connectivity index (χ1) is 7.81. The van der Waals surface area contributed by atoms with Gasteiger partial charge in [0.1, 0.15) is 0 Å². The lowest BCUT2D eigenvalue weighted by atomic mass is 10.1. The molecule has 4 heteroatoms. The van der Waals surface area contributed by atoms with E-state index in [-0.39, 0.29) is 0 Å². The van der Waals surface area contributed by atoms with Crippen LogP contribution < -0.4 is 0 Å². The fourth-order valence-electron chi connectivity index (χ4n) is 1.33. The van der Waals surface area contributed by atoms with Crippen molar-refractivity contribution in [2.45, 2.75) is 0 Å². The van der Waals surface area contributed by atoms with E-state index in [9.17, 15) is 4.79 Å². The van der Waals surface area contributed by atoms with Crippen LogP contribution in [-0.4, -0.2) is 11.1 Å². The lowest BCUT2D eigenvalue weighted by molar-refractivity contribution is 0.565. The molecule has 2 aromatic rings. The second-order valence-corrected chi connectivity index (χ2v) is 3.94. The first kappa shape index (κ1) is 10.7. The summed E-state index contributed by atoms with van der Waals surface area (Å²) in [5.41, 5.74) is 2.34. The fraction of sp³-hybridized carbons (Fsp3) is 0. The largest absolute Gasteiger partial charge is 0.254 e. The van der Waals surface area contributed by atoms with Crippen molar-refractivity contribution in [3.8, 4) is 11.3 Å². The Kier molecular flexibility index (Phi) is 3.25. The van der Waals surface area contributed by atoms with Crippen molar-refractivity contribution in [1.82, 2.24) is 4.98 Å². The van der Waals surface area contributed by atoms with Gasteiger partial charge < -0.3 is 0 Å². The SMILES string of the molecule is O=C=Nc1ccc(-c2ccccc2Br)nc1. The van der Waals surface area contributed by atoms with Crippen LogP contribution >= 0.6 is 15.9 Å². The van der Waals surface area contributed by atoms with Gasteiger partial charge in [0.05, 0.1) is 17.6 Å². The number of pyridine rings is 1. The molecule has 0 aliphatic carbocycles. The predicted octanol–water partition coefficient (Wildman–Crippen LogP) is 3.48. The van der Waals surface area contributed by atoms with Crippen LogP contribution in [0.15, 0.2) is 52.1 Å². The molecule has 0 amide bonds. The molecule has 0 saturated heterocycles. The molecule has 1 aromatic carbocycles. The third-order valence-electron chi connectivity index (χ3n) is 2.07. The highest BCUT2D eigenvalue weighted by molar-refractivity contribution is 9.10. The summed E-state index contributed by atoms with van der Waals surface area (Å²) < 4.78 is 0.981. The second kappa shape index (κ2) is 4.84. The van der Waals surface area contributed by atoms with Gasteiger partial charge in [0, 0.05) is 10.0 Å². The normalized spacial score (nSPS) is 9.56. The molecule has 78 valence electrons. The summed E-state index contributed by atoms with van der Waals surface area (Å²) >= 11 is 3.46. The molecular weight excluding hydrogens is 268 g/mol. The minimum Gasteiger partial charge on any atom is -0.254 e. The maximum atomic E-state index is 10.1. The monoisotopic (exact) mass is 274 g/mol. The van der Waals surface area contributed by atoms with Gasteiger partial charge in [0.2, 0.25) is 6.08 Å².